The Kier molecular flexibility index (Phi) is 3.32. The van der Waals surface area contributed by atoms with Gasteiger partial charge < -0.3 is 16.4 Å². The monoisotopic (exact) mass is 159 g/mol. The zero-order chi connectivity index (χ0) is 9.07. The van der Waals surface area contributed by atoms with Crippen LogP contribution in [-0.4, -0.2) is 24.7 Å². The third kappa shape index (κ3) is 3.83. The standard InChI is InChI=1S/C7H17N3O/c1-5(7(2,3)8)10-6(11)9-4/h5H,8H2,1-4H3,(H2,9,10,11). The predicted octanol–water partition coefficient (Wildman–Crippen LogP) is 0.0412. The van der Waals surface area contributed by atoms with Gasteiger partial charge in [0.05, 0.1) is 0 Å². The topological polar surface area (TPSA) is 67.2 Å². The summed E-state index contributed by atoms with van der Waals surface area (Å²) < 4.78 is 0. The van der Waals surface area contributed by atoms with Gasteiger partial charge in [-0.05, 0) is 20.8 Å². The lowest BCUT2D eigenvalue weighted by molar-refractivity contribution is 0.233. The fraction of sp³-hybridized carbons (Fsp3) is 0.857. The summed E-state index contributed by atoms with van der Waals surface area (Å²) in [6.07, 6.45) is 0. The second-order valence-corrected chi connectivity index (χ2v) is 3.27. The lowest BCUT2D eigenvalue weighted by Gasteiger charge is -2.27. The van der Waals surface area contributed by atoms with Crippen molar-refractivity contribution in [3.05, 3.63) is 0 Å². The third-order valence-corrected chi connectivity index (χ3v) is 1.69. The van der Waals surface area contributed by atoms with Gasteiger partial charge in [-0.25, -0.2) is 4.79 Å². The fourth-order valence-electron chi connectivity index (χ4n) is 0.455. The molecule has 0 spiro atoms. The average molecular weight is 159 g/mol. The van der Waals surface area contributed by atoms with Gasteiger partial charge in [0.1, 0.15) is 0 Å². The maximum Gasteiger partial charge on any atom is 0.314 e. The van der Waals surface area contributed by atoms with Crippen molar-refractivity contribution < 1.29 is 4.79 Å². The Bertz CT molecular complexity index is 139. The molecule has 0 rings (SSSR count). The van der Waals surface area contributed by atoms with Crippen LogP contribution >= 0.6 is 0 Å². The van der Waals surface area contributed by atoms with E-state index in [1.165, 1.54) is 0 Å². The molecule has 1 unspecified atom stereocenters. The predicted molar refractivity (Wildman–Crippen MR) is 45.3 cm³/mol. The molecule has 1 atom stereocenters. The number of hydrogen-bond donors (Lipinski definition) is 3. The highest BCUT2D eigenvalue weighted by molar-refractivity contribution is 5.73. The number of carbonyl (C=O) groups excluding carboxylic acids is 1. The second-order valence-electron chi connectivity index (χ2n) is 3.27. The first kappa shape index (κ1) is 10.2. The Morgan fingerprint density at radius 2 is 2.00 bits per heavy atom. The van der Waals surface area contributed by atoms with Gasteiger partial charge in [-0.1, -0.05) is 0 Å². The minimum atomic E-state index is -0.382. The summed E-state index contributed by atoms with van der Waals surface area (Å²) in [5, 5.41) is 5.16. The van der Waals surface area contributed by atoms with E-state index >= 15 is 0 Å². The fourth-order valence-corrected chi connectivity index (χ4v) is 0.455. The van der Waals surface area contributed by atoms with Gasteiger partial charge in [0.15, 0.2) is 0 Å². The van der Waals surface area contributed by atoms with Crippen LogP contribution in [-0.2, 0) is 0 Å². The molecule has 0 aromatic heterocycles. The van der Waals surface area contributed by atoms with Crippen LogP contribution in [0.5, 0.6) is 0 Å². The number of amides is 2. The Balaban J connectivity index is 3.87. The van der Waals surface area contributed by atoms with Crippen molar-refractivity contribution in [2.45, 2.75) is 32.4 Å². The van der Waals surface area contributed by atoms with E-state index in [9.17, 15) is 4.79 Å². The number of nitrogens with two attached hydrogens (primary N) is 1. The minimum absolute atomic E-state index is 0.0394. The highest BCUT2D eigenvalue weighted by atomic mass is 16.2. The molecule has 66 valence electrons. The minimum Gasteiger partial charge on any atom is -0.341 e. The van der Waals surface area contributed by atoms with Crippen molar-refractivity contribution in [3.63, 3.8) is 0 Å². The Morgan fingerprint density at radius 1 is 1.55 bits per heavy atom. The van der Waals surface area contributed by atoms with Crippen molar-refractivity contribution in [3.8, 4) is 0 Å². The molecule has 0 heterocycles. The van der Waals surface area contributed by atoms with Gasteiger partial charge in [-0.2, -0.15) is 0 Å². The largest absolute Gasteiger partial charge is 0.341 e. The normalized spacial score (nSPS) is 13.9. The van der Waals surface area contributed by atoms with Gasteiger partial charge in [-0.15, -0.1) is 0 Å². The molecule has 0 aliphatic rings. The van der Waals surface area contributed by atoms with Crippen LogP contribution in [0.1, 0.15) is 20.8 Å². The maximum absolute atomic E-state index is 10.8. The van der Waals surface area contributed by atoms with E-state index in [0.29, 0.717) is 0 Å². The summed E-state index contributed by atoms with van der Waals surface area (Å²) in [7, 11) is 1.57. The van der Waals surface area contributed by atoms with Crippen LogP contribution in [0.3, 0.4) is 0 Å². The highest BCUT2D eigenvalue weighted by Gasteiger charge is 2.21. The van der Waals surface area contributed by atoms with Gasteiger partial charge in [0.2, 0.25) is 0 Å². The van der Waals surface area contributed by atoms with Crippen LogP contribution in [0.2, 0.25) is 0 Å². The molecule has 11 heavy (non-hydrogen) atoms. The summed E-state index contributed by atoms with van der Waals surface area (Å²) in [5.41, 5.74) is 5.36. The lowest BCUT2D eigenvalue weighted by atomic mass is 9.98. The molecule has 0 aliphatic carbocycles. The first-order valence-corrected chi connectivity index (χ1v) is 3.65. The Labute approximate surface area is 67.5 Å². The zero-order valence-corrected chi connectivity index (χ0v) is 7.56. The molecular formula is C7H17N3O. The number of hydrogen-bond acceptors (Lipinski definition) is 2. The van der Waals surface area contributed by atoms with Gasteiger partial charge in [0.25, 0.3) is 0 Å². The number of carbonyl (C=O) groups is 1. The van der Waals surface area contributed by atoms with Crippen molar-refractivity contribution in [1.82, 2.24) is 10.6 Å². The van der Waals surface area contributed by atoms with Crippen molar-refractivity contribution >= 4 is 6.03 Å². The number of urea groups is 1. The van der Waals surface area contributed by atoms with Crippen LogP contribution in [0.15, 0.2) is 0 Å². The smallest absolute Gasteiger partial charge is 0.314 e. The van der Waals surface area contributed by atoms with E-state index in [0.717, 1.165) is 0 Å². The summed E-state index contributed by atoms with van der Waals surface area (Å²) in [6.45, 7) is 5.61. The molecule has 0 saturated carbocycles. The molecule has 4 N–H and O–H groups in total. The van der Waals surface area contributed by atoms with Crippen LogP contribution in [0.4, 0.5) is 4.79 Å². The Hall–Kier alpha value is -0.770. The summed E-state index contributed by atoms with van der Waals surface area (Å²) >= 11 is 0. The van der Waals surface area contributed by atoms with Crippen molar-refractivity contribution in [2.24, 2.45) is 5.73 Å². The van der Waals surface area contributed by atoms with Crippen molar-refractivity contribution in [1.29, 1.82) is 0 Å². The lowest BCUT2D eigenvalue weighted by Crippen LogP contribution is -2.54. The van der Waals surface area contributed by atoms with Crippen molar-refractivity contribution in [2.75, 3.05) is 7.05 Å². The van der Waals surface area contributed by atoms with E-state index in [-0.39, 0.29) is 17.6 Å². The van der Waals surface area contributed by atoms with Gasteiger partial charge in [0, 0.05) is 18.6 Å². The molecule has 0 fully saturated rings. The van der Waals surface area contributed by atoms with E-state index in [1.54, 1.807) is 7.05 Å². The number of nitrogens with one attached hydrogen (secondary N) is 2. The molecule has 0 saturated heterocycles. The van der Waals surface area contributed by atoms with Crippen LogP contribution in [0.25, 0.3) is 0 Å². The molecule has 0 radical (unpaired) electrons. The molecule has 0 aliphatic heterocycles. The summed E-state index contributed by atoms with van der Waals surface area (Å²) in [6, 6.07) is -0.238. The first-order chi connectivity index (χ1) is 4.88. The van der Waals surface area contributed by atoms with Gasteiger partial charge >= 0.3 is 6.03 Å². The average Bonchev–Trinajstić information content (AvgIpc) is 1.85. The third-order valence-electron chi connectivity index (χ3n) is 1.69. The van der Waals surface area contributed by atoms with E-state index in [2.05, 4.69) is 10.6 Å². The van der Waals surface area contributed by atoms with E-state index < -0.39 is 0 Å². The van der Waals surface area contributed by atoms with Crippen LogP contribution in [0, 0.1) is 0 Å². The summed E-state index contributed by atoms with van der Waals surface area (Å²) in [5.74, 6) is 0. The van der Waals surface area contributed by atoms with E-state index in [1.807, 2.05) is 20.8 Å². The molecule has 0 aromatic carbocycles. The zero-order valence-electron chi connectivity index (χ0n) is 7.56. The van der Waals surface area contributed by atoms with Crippen LogP contribution < -0.4 is 16.4 Å². The highest BCUT2D eigenvalue weighted by Crippen LogP contribution is 2.02. The molecule has 4 heteroatoms. The second kappa shape index (κ2) is 3.57. The SMILES string of the molecule is CNC(=O)NC(C)C(C)(C)N. The molecule has 2 amide bonds. The number of rotatable bonds is 2. The Morgan fingerprint density at radius 3 is 2.27 bits per heavy atom. The molecule has 4 nitrogen and oxygen atoms in total. The summed E-state index contributed by atoms with van der Waals surface area (Å²) in [4.78, 5) is 10.8. The van der Waals surface area contributed by atoms with Gasteiger partial charge in [-0.3, -0.25) is 0 Å². The quantitative estimate of drug-likeness (QED) is 0.532. The molecule has 0 bridgehead atoms. The molecule has 0 aromatic rings. The molecular weight excluding hydrogens is 142 g/mol. The van der Waals surface area contributed by atoms with E-state index in [4.69, 9.17) is 5.73 Å². The maximum atomic E-state index is 10.8. The first-order valence-electron chi connectivity index (χ1n) is 3.65.